The van der Waals surface area contributed by atoms with Gasteiger partial charge in [-0.1, -0.05) is 35.5 Å². The summed E-state index contributed by atoms with van der Waals surface area (Å²) >= 11 is 0. The van der Waals surface area contributed by atoms with E-state index >= 15 is 0 Å². The number of nitrogens with one attached hydrogen (secondary N) is 1. The third kappa shape index (κ3) is 4.45. The average Bonchev–Trinajstić information content (AvgIpc) is 3.24. The number of aromatic nitrogens is 2. The Bertz CT molecular complexity index is 995. The fourth-order valence-corrected chi connectivity index (χ4v) is 3.38. The Morgan fingerprint density at radius 1 is 1.03 bits per heavy atom. The molecule has 1 aliphatic rings. The minimum Gasteiger partial charge on any atom is -0.339 e. The van der Waals surface area contributed by atoms with Crippen LogP contribution < -0.4 is 5.32 Å². The summed E-state index contributed by atoms with van der Waals surface area (Å²) in [7, 11) is 0. The average molecular weight is 416 g/mol. The molecule has 0 aliphatic carbocycles. The SMILES string of the molecule is O=C(Nc1ccc(C(F)(F)F)cc1)N1CCC(c2nc(-c3ccccc3)no2)CC1. The van der Waals surface area contributed by atoms with Gasteiger partial charge in [0.05, 0.1) is 5.56 Å². The largest absolute Gasteiger partial charge is 0.416 e. The highest BCUT2D eigenvalue weighted by Gasteiger charge is 2.30. The number of rotatable bonds is 3. The molecule has 1 aliphatic heterocycles. The standard InChI is InChI=1S/C21H19F3N4O2/c22-21(23,24)16-6-8-17(9-7-16)25-20(29)28-12-10-15(11-13-28)19-26-18(27-30-19)14-4-2-1-3-5-14/h1-9,15H,10-13H2,(H,25,29). The second-order valence-corrected chi connectivity index (χ2v) is 7.09. The minimum atomic E-state index is -4.40. The first-order chi connectivity index (χ1) is 14.4. The number of piperidine rings is 1. The maximum Gasteiger partial charge on any atom is 0.416 e. The highest BCUT2D eigenvalue weighted by molar-refractivity contribution is 5.89. The number of alkyl halides is 3. The predicted molar refractivity (Wildman–Crippen MR) is 104 cm³/mol. The summed E-state index contributed by atoms with van der Waals surface area (Å²) in [5.74, 6) is 1.15. The third-order valence-electron chi connectivity index (χ3n) is 5.07. The molecule has 3 aromatic rings. The van der Waals surface area contributed by atoms with E-state index in [-0.39, 0.29) is 11.9 Å². The Kier molecular flexibility index (Phi) is 5.43. The van der Waals surface area contributed by atoms with E-state index in [4.69, 9.17) is 4.52 Å². The van der Waals surface area contributed by atoms with E-state index in [1.807, 2.05) is 30.3 Å². The van der Waals surface area contributed by atoms with Crippen LogP contribution in [0.5, 0.6) is 0 Å². The lowest BCUT2D eigenvalue weighted by molar-refractivity contribution is -0.137. The van der Waals surface area contributed by atoms with Crippen LogP contribution in [0.25, 0.3) is 11.4 Å². The lowest BCUT2D eigenvalue weighted by Crippen LogP contribution is -2.40. The second kappa shape index (κ2) is 8.17. The van der Waals surface area contributed by atoms with Gasteiger partial charge in [-0.25, -0.2) is 4.79 Å². The molecule has 2 heterocycles. The lowest BCUT2D eigenvalue weighted by Gasteiger charge is -2.30. The number of halogens is 3. The molecule has 0 unspecified atom stereocenters. The maximum atomic E-state index is 12.6. The van der Waals surface area contributed by atoms with Gasteiger partial charge < -0.3 is 14.7 Å². The zero-order valence-corrected chi connectivity index (χ0v) is 15.9. The Labute approximate surface area is 170 Å². The number of urea groups is 1. The molecule has 4 rings (SSSR count). The molecule has 0 bridgehead atoms. The van der Waals surface area contributed by atoms with E-state index in [2.05, 4.69) is 15.5 Å². The van der Waals surface area contributed by atoms with Crippen LogP contribution in [0.1, 0.15) is 30.2 Å². The van der Waals surface area contributed by atoms with Crippen molar-refractivity contribution in [2.45, 2.75) is 24.9 Å². The van der Waals surface area contributed by atoms with Crippen LogP contribution in [-0.2, 0) is 6.18 Å². The number of anilines is 1. The molecule has 2 aromatic carbocycles. The Morgan fingerprint density at radius 3 is 2.33 bits per heavy atom. The van der Waals surface area contributed by atoms with Crippen molar-refractivity contribution >= 4 is 11.7 Å². The zero-order valence-electron chi connectivity index (χ0n) is 15.9. The predicted octanol–water partition coefficient (Wildman–Crippen LogP) is 5.17. The normalized spacial score (nSPS) is 15.2. The van der Waals surface area contributed by atoms with Crippen LogP contribution in [-0.4, -0.2) is 34.2 Å². The smallest absolute Gasteiger partial charge is 0.339 e. The maximum absolute atomic E-state index is 12.6. The molecule has 6 nitrogen and oxygen atoms in total. The molecule has 156 valence electrons. The number of likely N-dealkylation sites (tertiary alicyclic amines) is 1. The van der Waals surface area contributed by atoms with Crippen molar-refractivity contribution in [3.8, 4) is 11.4 Å². The summed E-state index contributed by atoms with van der Waals surface area (Å²) in [6.45, 7) is 0.973. The third-order valence-corrected chi connectivity index (χ3v) is 5.07. The highest BCUT2D eigenvalue weighted by Crippen LogP contribution is 2.31. The van der Waals surface area contributed by atoms with Gasteiger partial charge in [0, 0.05) is 30.3 Å². The van der Waals surface area contributed by atoms with Gasteiger partial charge in [-0.2, -0.15) is 18.2 Å². The quantitative estimate of drug-likeness (QED) is 0.640. The molecule has 1 saturated heterocycles. The van der Waals surface area contributed by atoms with Crippen LogP contribution in [0.2, 0.25) is 0 Å². The molecule has 9 heteroatoms. The van der Waals surface area contributed by atoms with Gasteiger partial charge in [0.25, 0.3) is 0 Å². The molecule has 0 spiro atoms. The summed E-state index contributed by atoms with van der Waals surface area (Å²) in [5, 5.41) is 6.68. The van der Waals surface area contributed by atoms with Crippen molar-refractivity contribution in [2.75, 3.05) is 18.4 Å². The summed E-state index contributed by atoms with van der Waals surface area (Å²) in [6, 6.07) is 13.6. The molecule has 1 aromatic heterocycles. The highest BCUT2D eigenvalue weighted by atomic mass is 19.4. The van der Waals surface area contributed by atoms with Crippen molar-refractivity contribution in [3.63, 3.8) is 0 Å². The summed E-state index contributed by atoms with van der Waals surface area (Å²) in [4.78, 5) is 18.5. The van der Waals surface area contributed by atoms with Gasteiger partial charge in [-0.05, 0) is 37.1 Å². The first-order valence-corrected chi connectivity index (χ1v) is 9.52. The van der Waals surface area contributed by atoms with Crippen LogP contribution >= 0.6 is 0 Å². The van der Waals surface area contributed by atoms with Gasteiger partial charge in [0.2, 0.25) is 11.7 Å². The van der Waals surface area contributed by atoms with Gasteiger partial charge in [0.15, 0.2) is 0 Å². The molecule has 0 radical (unpaired) electrons. The molecular weight excluding hydrogens is 397 g/mol. The molecule has 1 N–H and O–H groups in total. The van der Waals surface area contributed by atoms with E-state index in [1.165, 1.54) is 12.1 Å². The summed E-state index contributed by atoms with van der Waals surface area (Å²) in [5.41, 5.74) is 0.441. The Hall–Kier alpha value is -3.36. The monoisotopic (exact) mass is 416 g/mol. The van der Waals surface area contributed by atoms with E-state index in [0.29, 0.717) is 43.3 Å². The number of hydrogen-bond acceptors (Lipinski definition) is 4. The van der Waals surface area contributed by atoms with Gasteiger partial charge >= 0.3 is 12.2 Å². The molecule has 0 atom stereocenters. The molecule has 2 amide bonds. The van der Waals surface area contributed by atoms with E-state index in [9.17, 15) is 18.0 Å². The fraction of sp³-hybridized carbons (Fsp3) is 0.286. The minimum absolute atomic E-state index is 0.0603. The van der Waals surface area contributed by atoms with Crippen molar-refractivity contribution in [3.05, 3.63) is 66.1 Å². The van der Waals surface area contributed by atoms with E-state index in [1.54, 1.807) is 4.90 Å². The number of nitrogens with zero attached hydrogens (tertiary/aromatic N) is 3. The summed E-state index contributed by atoms with van der Waals surface area (Å²) in [6.07, 6.45) is -3.08. The lowest BCUT2D eigenvalue weighted by atomic mass is 9.97. The van der Waals surface area contributed by atoms with Crippen molar-refractivity contribution in [1.29, 1.82) is 0 Å². The first-order valence-electron chi connectivity index (χ1n) is 9.52. The Morgan fingerprint density at radius 2 is 1.70 bits per heavy atom. The van der Waals surface area contributed by atoms with E-state index in [0.717, 1.165) is 17.7 Å². The van der Waals surface area contributed by atoms with Crippen molar-refractivity contribution in [1.82, 2.24) is 15.0 Å². The number of amides is 2. The van der Waals surface area contributed by atoms with Crippen molar-refractivity contribution < 1.29 is 22.5 Å². The van der Waals surface area contributed by atoms with Gasteiger partial charge in [-0.3, -0.25) is 0 Å². The number of carbonyl (C=O) groups is 1. The van der Waals surface area contributed by atoms with Crippen LogP contribution in [0.3, 0.4) is 0 Å². The zero-order chi connectivity index (χ0) is 21.1. The summed E-state index contributed by atoms with van der Waals surface area (Å²) < 4.78 is 43.3. The van der Waals surface area contributed by atoms with Crippen LogP contribution in [0.15, 0.2) is 59.1 Å². The Balaban J connectivity index is 1.32. The number of hydrogen-bond donors (Lipinski definition) is 1. The number of benzene rings is 2. The molecular formula is C21H19F3N4O2. The van der Waals surface area contributed by atoms with E-state index < -0.39 is 11.7 Å². The topological polar surface area (TPSA) is 71.3 Å². The fourth-order valence-electron chi connectivity index (χ4n) is 3.38. The van der Waals surface area contributed by atoms with Gasteiger partial charge in [0.1, 0.15) is 0 Å². The first kappa shape index (κ1) is 19.9. The van der Waals surface area contributed by atoms with Crippen molar-refractivity contribution in [2.24, 2.45) is 0 Å². The molecule has 1 fully saturated rings. The number of carbonyl (C=O) groups excluding carboxylic acids is 1. The molecule has 30 heavy (non-hydrogen) atoms. The second-order valence-electron chi connectivity index (χ2n) is 7.09. The van der Waals surface area contributed by atoms with Crippen LogP contribution in [0.4, 0.5) is 23.7 Å². The van der Waals surface area contributed by atoms with Gasteiger partial charge in [-0.15, -0.1) is 0 Å². The molecule has 0 saturated carbocycles. The van der Waals surface area contributed by atoms with Crippen LogP contribution in [0, 0.1) is 0 Å².